The number of fused-ring (bicyclic) bond motifs is 1. The van der Waals surface area contributed by atoms with Gasteiger partial charge in [0.2, 0.25) is 5.91 Å². The molecule has 0 fully saturated rings. The lowest BCUT2D eigenvalue weighted by Gasteiger charge is -2.09. The molecule has 3 N–H and O–H groups in total. The third-order valence-electron chi connectivity index (χ3n) is 3.51. The molecule has 1 heterocycles. The second-order valence-electron chi connectivity index (χ2n) is 5.45. The molecule has 25 heavy (non-hydrogen) atoms. The molecule has 0 aliphatic rings. The van der Waals surface area contributed by atoms with Crippen molar-refractivity contribution in [2.45, 2.75) is 11.3 Å². The van der Waals surface area contributed by atoms with E-state index in [1.54, 1.807) is 12.1 Å². The van der Waals surface area contributed by atoms with Gasteiger partial charge in [-0.05, 0) is 42.0 Å². The Morgan fingerprint density at radius 2 is 1.84 bits per heavy atom. The van der Waals surface area contributed by atoms with Crippen molar-refractivity contribution in [3.05, 3.63) is 66.1 Å². The maximum atomic E-state index is 13.3. The van der Waals surface area contributed by atoms with Gasteiger partial charge in [-0.2, -0.15) is 0 Å². The molecule has 3 aromatic rings. The molecule has 8 heteroatoms. The van der Waals surface area contributed by atoms with Crippen LogP contribution in [0.15, 0.2) is 59.6 Å². The highest BCUT2D eigenvalue weighted by atomic mass is 32.2. The van der Waals surface area contributed by atoms with Crippen LogP contribution >= 0.6 is 0 Å². The third-order valence-corrected chi connectivity index (χ3v) is 4.86. The van der Waals surface area contributed by atoms with Gasteiger partial charge in [0.15, 0.2) is 0 Å². The SMILES string of the molecule is NC(=O)Cc1ccc(NS(=O)(=O)c2cnc3ccc(F)cc3c2)cc1. The topological polar surface area (TPSA) is 102 Å². The van der Waals surface area contributed by atoms with Crippen molar-refractivity contribution in [2.24, 2.45) is 5.73 Å². The highest BCUT2D eigenvalue weighted by Gasteiger charge is 2.15. The lowest BCUT2D eigenvalue weighted by atomic mass is 10.1. The number of halogens is 1. The molecular formula is C17H14FN3O3S. The molecule has 1 aromatic heterocycles. The number of carbonyl (C=O) groups is 1. The summed E-state index contributed by atoms with van der Waals surface area (Å²) in [6, 6.07) is 11.6. The number of pyridine rings is 1. The minimum Gasteiger partial charge on any atom is -0.369 e. The molecule has 0 aliphatic heterocycles. The molecule has 0 unspecified atom stereocenters. The normalized spacial score (nSPS) is 11.4. The zero-order chi connectivity index (χ0) is 18.0. The first-order valence-corrected chi connectivity index (χ1v) is 8.77. The van der Waals surface area contributed by atoms with Gasteiger partial charge in [0.05, 0.1) is 11.9 Å². The molecule has 6 nitrogen and oxygen atoms in total. The van der Waals surface area contributed by atoms with E-state index >= 15 is 0 Å². The summed E-state index contributed by atoms with van der Waals surface area (Å²) in [5.74, 6) is -0.940. The number of benzene rings is 2. The first-order chi connectivity index (χ1) is 11.8. The van der Waals surface area contributed by atoms with Crippen LogP contribution in [-0.2, 0) is 21.2 Å². The molecular weight excluding hydrogens is 345 g/mol. The predicted molar refractivity (Wildman–Crippen MR) is 91.8 cm³/mol. The van der Waals surface area contributed by atoms with Crippen molar-refractivity contribution in [1.82, 2.24) is 4.98 Å². The van der Waals surface area contributed by atoms with E-state index in [-0.39, 0.29) is 11.3 Å². The average Bonchev–Trinajstić information content (AvgIpc) is 2.55. The van der Waals surface area contributed by atoms with E-state index in [0.717, 1.165) is 0 Å². The second kappa shape index (κ2) is 6.48. The monoisotopic (exact) mass is 359 g/mol. The van der Waals surface area contributed by atoms with Gasteiger partial charge in [-0.3, -0.25) is 14.5 Å². The molecule has 0 atom stereocenters. The van der Waals surface area contributed by atoms with Crippen LogP contribution in [0.4, 0.5) is 10.1 Å². The smallest absolute Gasteiger partial charge is 0.263 e. The molecule has 0 bridgehead atoms. The summed E-state index contributed by atoms with van der Waals surface area (Å²) < 4.78 is 40.7. The number of primary amides is 1. The van der Waals surface area contributed by atoms with Crippen LogP contribution in [0.2, 0.25) is 0 Å². The number of carbonyl (C=O) groups excluding carboxylic acids is 1. The first-order valence-electron chi connectivity index (χ1n) is 7.29. The van der Waals surface area contributed by atoms with Gasteiger partial charge < -0.3 is 5.73 Å². The largest absolute Gasteiger partial charge is 0.369 e. The van der Waals surface area contributed by atoms with Crippen molar-refractivity contribution >= 4 is 32.5 Å². The molecule has 128 valence electrons. The Labute approximate surface area is 143 Å². The van der Waals surface area contributed by atoms with E-state index in [2.05, 4.69) is 9.71 Å². The minimum absolute atomic E-state index is 0.0766. The number of hydrogen-bond donors (Lipinski definition) is 2. The summed E-state index contributed by atoms with van der Waals surface area (Å²) in [5, 5.41) is 0.389. The van der Waals surface area contributed by atoms with E-state index in [1.165, 1.54) is 42.6 Å². The summed E-state index contributed by atoms with van der Waals surface area (Å²) in [4.78, 5) is 14.8. The number of nitrogens with two attached hydrogens (primary N) is 1. The van der Waals surface area contributed by atoms with Crippen molar-refractivity contribution in [2.75, 3.05) is 4.72 Å². The van der Waals surface area contributed by atoms with Gasteiger partial charge in [0.1, 0.15) is 10.7 Å². The van der Waals surface area contributed by atoms with Gasteiger partial charge in [0, 0.05) is 17.3 Å². The van der Waals surface area contributed by atoms with Crippen LogP contribution < -0.4 is 10.5 Å². The number of anilines is 1. The lowest BCUT2D eigenvalue weighted by molar-refractivity contribution is -0.117. The maximum Gasteiger partial charge on any atom is 0.263 e. The second-order valence-corrected chi connectivity index (χ2v) is 7.14. The number of hydrogen-bond acceptors (Lipinski definition) is 4. The number of nitrogens with zero attached hydrogens (tertiary/aromatic N) is 1. The predicted octanol–water partition coefficient (Wildman–Crippen LogP) is 2.20. The molecule has 0 aliphatic carbocycles. The van der Waals surface area contributed by atoms with Crippen molar-refractivity contribution in [3.8, 4) is 0 Å². The van der Waals surface area contributed by atoms with E-state index in [0.29, 0.717) is 22.2 Å². The van der Waals surface area contributed by atoms with Crippen LogP contribution in [-0.4, -0.2) is 19.3 Å². The Kier molecular flexibility index (Phi) is 4.37. The molecule has 2 aromatic carbocycles. The van der Waals surface area contributed by atoms with Crippen molar-refractivity contribution < 1.29 is 17.6 Å². The summed E-state index contributed by atoms with van der Waals surface area (Å²) in [6.07, 6.45) is 1.29. The number of sulfonamides is 1. The summed E-state index contributed by atoms with van der Waals surface area (Å²) in [5.41, 5.74) is 6.61. The zero-order valence-corrected chi connectivity index (χ0v) is 13.8. The molecule has 0 saturated carbocycles. The average molecular weight is 359 g/mol. The highest BCUT2D eigenvalue weighted by Crippen LogP contribution is 2.20. The van der Waals surface area contributed by atoms with Gasteiger partial charge in [0.25, 0.3) is 10.0 Å². The Balaban J connectivity index is 1.87. The molecule has 3 rings (SSSR count). The standard InChI is InChI=1S/C17H14FN3O3S/c18-13-3-6-16-12(8-13)9-15(10-20-16)25(23,24)21-14-4-1-11(2-5-14)7-17(19)22/h1-6,8-10,21H,7H2,(H2,19,22). The minimum atomic E-state index is -3.88. The molecule has 0 saturated heterocycles. The summed E-state index contributed by atoms with van der Waals surface area (Å²) in [6.45, 7) is 0. The number of rotatable bonds is 5. The van der Waals surface area contributed by atoms with E-state index in [9.17, 15) is 17.6 Å². The Morgan fingerprint density at radius 3 is 2.52 bits per heavy atom. The number of nitrogens with one attached hydrogen (secondary N) is 1. The van der Waals surface area contributed by atoms with Gasteiger partial charge >= 0.3 is 0 Å². The fourth-order valence-electron chi connectivity index (χ4n) is 2.34. The zero-order valence-electron chi connectivity index (χ0n) is 12.9. The molecule has 0 spiro atoms. The molecule has 0 radical (unpaired) electrons. The van der Waals surface area contributed by atoms with Crippen molar-refractivity contribution in [1.29, 1.82) is 0 Å². The molecule has 1 amide bonds. The van der Waals surface area contributed by atoms with Crippen LogP contribution in [0.1, 0.15) is 5.56 Å². The quantitative estimate of drug-likeness (QED) is 0.729. The van der Waals surface area contributed by atoms with Crippen LogP contribution in [0.3, 0.4) is 0 Å². The highest BCUT2D eigenvalue weighted by molar-refractivity contribution is 7.92. The van der Waals surface area contributed by atoms with Crippen LogP contribution in [0.25, 0.3) is 10.9 Å². The first kappa shape index (κ1) is 16.8. The van der Waals surface area contributed by atoms with Crippen LogP contribution in [0.5, 0.6) is 0 Å². The van der Waals surface area contributed by atoms with E-state index in [4.69, 9.17) is 5.73 Å². The van der Waals surface area contributed by atoms with Gasteiger partial charge in [-0.1, -0.05) is 12.1 Å². The van der Waals surface area contributed by atoms with E-state index in [1.807, 2.05) is 0 Å². The van der Waals surface area contributed by atoms with Gasteiger partial charge in [-0.25, -0.2) is 12.8 Å². The lowest BCUT2D eigenvalue weighted by Crippen LogP contribution is -2.14. The Morgan fingerprint density at radius 1 is 1.12 bits per heavy atom. The number of aromatic nitrogens is 1. The summed E-state index contributed by atoms with van der Waals surface area (Å²) in [7, 11) is -3.88. The third kappa shape index (κ3) is 3.92. The fourth-order valence-corrected chi connectivity index (χ4v) is 3.37. The van der Waals surface area contributed by atoms with Crippen molar-refractivity contribution in [3.63, 3.8) is 0 Å². The van der Waals surface area contributed by atoms with Gasteiger partial charge in [-0.15, -0.1) is 0 Å². The summed E-state index contributed by atoms with van der Waals surface area (Å²) >= 11 is 0. The Hall–Kier alpha value is -3.00. The van der Waals surface area contributed by atoms with E-state index < -0.39 is 21.7 Å². The number of amides is 1. The fraction of sp³-hybridized carbons (Fsp3) is 0.0588. The van der Waals surface area contributed by atoms with Crippen LogP contribution in [0, 0.1) is 5.82 Å². The Bertz CT molecular complexity index is 1050. The maximum absolute atomic E-state index is 13.3.